The quantitative estimate of drug-likeness (QED) is 0.468. The number of fused-ring (bicyclic) bond motifs is 1. The van der Waals surface area contributed by atoms with Crippen LogP contribution in [0.25, 0.3) is 22.0 Å². The number of aromatic nitrogens is 4. The molecule has 31 heavy (non-hydrogen) atoms. The third-order valence-corrected chi connectivity index (χ3v) is 5.26. The largest absolute Gasteiger partial charge is 0.384 e. The Morgan fingerprint density at radius 3 is 2.74 bits per heavy atom. The van der Waals surface area contributed by atoms with Crippen LogP contribution >= 0.6 is 0 Å². The number of nitrogens with one attached hydrogen (secondary N) is 2. The minimum atomic E-state index is -0.324. The van der Waals surface area contributed by atoms with E-state index in [1.165, 1.54) is 6.20 Å². The molecule has 0 atom stereocenters. The molecule has 4 heterocycles. The molecule has 0 unspecified atom stereocenters. The van der Waals surface area contributed by atoms with Crippen molar-refractivity contribution in [1.82, 2.24) is 20.2 Å². The van der Waals surface area contributed by atoms with E-state index in [4.69, 9.17) is 10.5 Å². The van der Waals surface area contributed by atoms with E-state index in [1.807, 2.05) is 30.6 Å². The number of benzene rings is 1. The van der Waals surface area contributed by atoms with Crippen LogP contribution in [0.5, 0.6) is 0 Å². The molecule has 4 N–H and O–H groups in total. The number of ether oxygens (including phenoxy) is 1. The van der Waals surface area contributed by atoms with Gasteiger partial charge in [0.2, 0.25) is 0 Å². The first-order valence-corrected chi connectivity index (χ1v) is 9.96. The number of aromatic amines is 1. The molecule has 0 aliphatic carbocycles. The fourth-order valence-corrected chi connectivity index (χ4v) is 3.62. The summed E-state index contributed by atoms with van der Waals surface area (Å²) < 4.78 is 5.44. The molecule has 0 radical (unpaired) electrons. The van der Waals surface area contributed by atoms with Gasteiger partial charge in [-0.05, 0) is 35.9 Å². The Morgan fingerprint density at radius 1 is 1.06 bits per heavy atom. The van der Waals surface area contributed by atoms with Crippen molar-refractivity contribution in [1.29, 1.82) is 0 Å². The van der Waals surface area contributed by atoms with Gasteiger partial charge < -0.3 is 20.7 Å². The van der Waals surface area contributed by atoms with Gasteiger partial charge in [0.25, 0.3) is 5.91 Å². The number of nitrogens with zero attached hydrogens (tertiary/aromatic N) is 4. The van der Waals surface area contributed by atoms with Crippen LogP contribution < -0.4 is 16.0 Å². The third-order valence-electron chi connectivity index (χ3n) is 5.26. The van der Waals surface area contributed by atoms with Crippen LogP contribution in [0.15, 0.2) is 55.0 Å². The minimum Gasteiger partial charge on any atom is -0.384 e. The van der Waals surface area contributed by atoms with Gasteiger partial charge in [-0.3, -0.25) is 14.9 Å². The van der Waals surface area contributed by atoms with Gasteiger partial charge in [-0.25, -0.2) is 4.98 Å². The van der Waals surface area contributed by atoms with E-state index in [-0.39, 0.29) is 5.91 Å². The van der Waals surface area contributed by atoms with Crippen molar-refractivity contribution in [2.75, 3.05) is 42.3 Å². The monoisotopic (exact) mass is 415 g/mol. The van der Waals surface area contributed by atoms with Crippen molar-refractivity contribution in [3.63, 3.8) is 0 Å². The van der Waals surface area contributed by atoms with E-state index >= 15 is 0 Å². The molecule has 9 nitrogen and oxygen atoms in total. The first-order valence-electron chi connectivity index (χ1n) is 9.96. The molecular weight excluding hydrogens is 394 g/mol. The highest BCUT2D eigenvalue weighted by atomic mass is 16.5. The molecule has 1 fully saturated rings. The van der Waals surface area contributed by atoms with E-state index in [9.17, 15) is 4.79 Å². The summed E-state index contributed by atoms with van der Waals surface area (Å²) in [7, 11) is 0. The third kappa shape index (κ3) is 3.90. The molecule has 1 saturated heterocycles. The number of nitrogens with two attached hydrogens (primary N) is 1. The summed E-state index contributed by atoms with van der Waals surface area (Å²) in [5.41, 5.74) is 10.2. The second kappa shape index (κ2) is 8.04. The molecule has 156 valence electrons. The second-order valence-corrected chi connectivity index (χ2v) is 7.29. The summed E-state index contributed by atoms with van der Waals surface area (Å²) in [5, 5.41) is 10.7. The van der Waals surface area contributed by atoms with Gasteiger partial charge in [-0.1, -0.05) is 6.07 Å². The highest BCUT2D eigenvalue weighted by Crippen LogP contribution is 2.28. The average molecular weight is 415 g/mol. The number of pyridine rings is 2. The van der Waals surface area contributed by atoms with E-state index in [0.717, 1.165) is 40.8 Å². The smallest absolute Gasteiger partial charge is 0.276 e. The van der Waals surface area contributed by atoms with Crippen LogP contribution in [0.4, 0.5) is 17.2 Å². The van der Waals surface area contributed by atoms with Gasteiger partial charge in [0.15, 0.2) is 5.69 Å². The SMILES string of the molecule is Nc1ccc(NC(=O)c2n[nH]c3ccc(-c4cncc(N5CCOCC5)c4)cc23)cn1. The fraction of sp³-hybridized carbons (Fsp3) is 0.182. The summed E-state index contributed by atoms with van der Waals surface area (Å²) >= 11 is 0. The Bertz CT molecular complexity index is 1230. The molecule has 1 amide bonds. The second-order valence-electron chi connectivity index (χ2n) is 7.29. The van der Waals surface area contributed by atoms with Crippen LogP contribution in [-0.2, 0) is 4.74 Å². The number of hydrogen-bond donors (Lipinski definition) is 3. The van der Waals surface area contributed by atoms with Crippen molar-refractivity contribution in [2.45, 2.75) is 0 Å². The van der Waals surface area contributed by atoms with Crippen LogP contribution in [0.2, 0.25) is 0 Å². The topological polar surface area (TPSA) is 122 Å². The van der Waals surface area contributed by atoms with Gasteiger partial charge in [0, 0.05) is 30.2 Å². The number of carbonyl (C=O) groups excluding carboxylic acids is 1. The van der Waals surface area contributed by atoms with Crippen molar-refractivity contribution in [2.24, 2.45) is 0 Å². The summed E-state index contributed by atoms with van der Waals surface area (Å²) in [4.78, 5) is 23.5. The Hall–Kier alpha value is -3.98. The molecule has 1 aromatic carbocycles. The van der Waals surface area contributed by atoms with Crippen molar-refractivity contribution < 1.29 is 9.53 Å². The maximum Gasteiger partial charge on any atom is 0.276 e. The zero-order valence-corrected chi connectivity index (χ0v) is 16.7. The first-order chi connectivity index (χ1) is 15.2. The predicted octanol–water partition coefficient (Wildman–Crippen LogP) is 2.69. The molecule has 0 spiro atoms. The van der Waals surface area contributed by atoms with Crippen molar-refractivity contribution in [3.05, 3.63) is 60.7 Å². The predicted molar refractivity (Wildman–Crippen MR) is 119 cm³/mol. The van der Waals surface area contributed by atoms with E-state index in [1.54, 1.807) is 12.1 Å². The number of nitrogen functional groups attached to an aromatic ring is 1. The van der Waals surface area contributed by atoms with Crippen molar-refractivity contribution >= 4 is 34.0 Å². The normalized spacial score (nSPS) is 14.0. The summed E-state index contributed by atoms with van der Waals surface area (Å²) in [6, 6.07) is 11.3. The first kappa shape index (κ1) is 19.0. The zero-order chi connectivity index (χ0) is 21.2. The number of anilines is 3. The average Bonchev–Trinajstić information content (AvgIpc) is 3.25. The maximum atomic E-state index is 12.8. The lowest BCUT2D eigenvalue weighted by molar-refractivity contribution is 0.102. The number of morpholine rings is 1. The van der Waals surface area contributed by atoms with Crippen molar-refractivity contribution in [3.8, 4) is 11.1 Å². The van der Waals surface area contributed by atoms with Gasteiger partial charge >= 0.3 is 0 Å². The zero-order valence-electron chi connectivity index (χ0n) is 16.7. The number of rotatable bonds is 4. The number of amides is 1. The highest BCUT2D eigenvalue weighted by molar-refractivity contribution is 6.11. The van der Waals surface area contributed by atoms with Crippen LogP contribution in [-0.4, -0.2) is 52.4 Å². The van der Waals surface area contributed by atoms with Gasteiger partial charge in [0.05, 0.1) is 42.5 Å². The Kier molecular flexibility index (Phi) is 4.93. The molecule has 1 aliphatic heterocycles. The Balaban J connectivity index is 1.45. The molecular formula is C22H21N7O2. The molecule has 0 bridgehead atoms. The standard InChI is InChI=1S/C22H21N7O2/c23-20-4-2-16(12-25-20)26-22(30)21-18-10-14(1-3-19(18)27-28-21)15-9-17(13-24-11-15)29-5-7-31-8-6-29/h1-4,9-13H,5-8H2,(H2,23,25)(H,26,30)(H,27,28). The van der Waals surface area contributed by atoms with Gasteiger partial charge in [0.1, 0.15) is 5.82 Å². The Morgan fingerprint density at radius 2 is 1.94 bits per heavy atom. The lowest BCUT2D eigenvalue weighted by Gasteiger charge is -2.28. The number of hydrogen-bond acceptors (Lipinski definition) is 7. The number of H-pyrrole nitrogens is 1. The molecule has 9 heteroatoms. The van der Waals surface area contributed by atoms with E-state index in [0.29, 0.717) is 30.4 Å². The molecule has 4 aromatic rings. The molecule has 5 rings (SSSR count). The van der Waals surface area contributed by atoms with Gasteiger partial charge in [-0.2, -0.15) is 5.10 Å². The van der Waals surface area contributed by atoms with Gasteiger partial charge in [-0.15, -0.1) is 0 Å². The van der Waals surface area contributed by atoms with Crippen LogP contribution in [0.3, 0.4) is 0 Å². The van der Waals surface area contributed by atoms with Crippen LogP contribution in [0.1, 0.15) is 10.5 Å². The minimum absolute atomic E-state index is 0.311. The lowest BCUT2D eigenvalue weighted by atomic mass is 10.0. The molecule has 1 aliphatic rings. The fourth-order valence-electron chi connectivity index (χ4n) is 3.62. The molecule has 3 aromatic heterocycles. The van der Waals surface area contributed by atoms with E-state index < -0.39 is 0 Å². The number of carbonyl (C=O) groups is 1. The van der Waals surface area contributed by atoms with E-state index in [2.05, 4.69) is 36.4 Å². The summed E-state index contributed by atoms with van der Waals surface area (Å²) in [6.45, 7) is 3.12. The maximum absolute atomic E-state index is 12.8. The van der Waals surface area contributed by atoms with Crippen LogP contribution in [0, 0.1) is 0 Å². The lowest BCUT2D eigenvalue weighted by Crippen LogP contribution is -2.36. The summed E-state index contributed by atoms with van der Waals surface area (Å²) in [6.07, 6.45) is 5.20. The highest BCUT2D eigenvalue weighted by Gasteiger charge is 2.16. The summed E-state index contributed by atoms with van der Waals surface area (Å²) in [5.74, 6) is 0.0657. The molecule has 0 saturated carbocycles. The Labute approximate surface area is 178 Å².